The van der Waals surface area contributed by atoms with Crippen LogP contribution in [0.2, 0.25) is 0 Å². The maximum atomic E-state index is 11.7. The van der Waals surface area contributed by atoms with Gasteiger partial charge in [0.1, 0.15) is 0 Å². The molecule has 0 spiro atoms. The molecular weight excluding hydrogens is 365 g/mol. The second-order valence-corrected chi connectivity index (χ2v) is 7.24. The summed E-state index contributed by atoms with van der Waals surface area (Å²) >= 11 is 2.19. The van der Waals surface area contributed by atoms with E-state index in [1.165, 1.54) is 0 Å². The number of hydrogen-bond acceptors (Lipinski definition) is 2. The zero-order valence-electron chi connectivity index (χ0n) is 12.1. The molecule has 1 rings (SSSR count). The molecule has 108 valence electrons. The Kier molecular flexibility index (Phi) is 5.58. The summed E-state index contributed by atoms with van der Waals surface area (Å²) in [5.41, 5.74) is -0.469. The minimum Gasteiger partial charge on any atom is -0.481 e. The van der Waals surface area contributed by atoms with Crippen molar-refractivity contribution < 1.29 is 9.90 Å². The molecule has 0 amide bonds. The lowest BCUT2D eigenvalue weighted by Gasteiger charge is -2.27. The van der Waals surface area contributed by atoms with E-state index in [0.29, 0.717) is 12.8 Å². The third kappa shape index (κ3) is 4.20. The van der Waals surface area contributed by atoms with Crippen molar-refractivity contribution in [1.82, 2.24) is 0 Å². The lowest BCUT2D eigenvalue weighted by atomic mass is 9.76. The molecule has 1 aromatic carbocycles. The summed E-state index contributed by atoms with van der Waals surface area (Å²) in [5.74, 6) is -0.811. The highest BCUT2D eigenvalue weighted by Crippen LogP contribution is 2.33. The van der Waals surface area contributed by atoms with E-state index in [9.17, 15) is 9.90 Å². The summed E-state index contributed by atoms with van der Waals surface area (Å²) in [6.45, 7) is 5.53. The predicted molar refractivity (Wildman–Crippen MR) is 87.4 cm³/mol. The highest BCUT2D eigenvalue weighted by atomic mass is 127. The smallest absolute Gasteiger partial charge is 0.313 e. The third-order valence-electron chi connectivity index (χ3n) is 3.71. The number of nitriles is 1. The molecule has 0 fully saturated rings. The number of carboxylic acids is 1. The average molecular weight is 385 g/mol. The van der Waals surface area contributed by atoms with Gasteiger partial charge in [-0.2, -0.15) is 5.26 Å². The predicted octanol–water partition coefficient (Wildman–Crippen LogP) is 4.35. The highest BCUT2D eigenvalue weighted by molar-refractivity contribution is 14.1. The fourth-order valence-corrected chi connectivity index (χ4v) is 2.69. The maximum absolute atomic E-state index is 11.7. The number of carboxylic acid groups (broad SMARTS) is 1. The van der Waals surface area contributed by atoms with Crippen molar-refractivity contribution in [2.75, 3.05) is 0 Å². The van der Waals surface area contributed by atoms with Crippen LogP contribution in [0.5, 0.6) is 0 Å². The van der Waals surface area contributed by atoms with E-state index >= 15 is 0 Å². The van der Waals surface area contributed by atoms with Gasteiger partial charge in [0.25, 0.3) is 0 Å². The number of carbonyl (C=O) groups is 1. The van der Waals surface area contributed by atoms with E-state index in [2.05, 4.69) is 28.7 Å². The first-order chi connectivity index (χ1) is 9.21. The maximum Gasteiger partial charge on any atom is 0.313 e. The molecule has 0 saturated heterocycles. The number of aliphatic carboxylic acids is 1. The summed E-state index contributed by atoms with van der Waals surface area (Å²) < 4.78 is 1.03. The van der Waals surface area contributed by atoms with Crippen LogP contribution in [-0.2, 0) is 10.2 Å². The zero-order chi connectivity index (χ0) is 15.4. The minimum absolute atomic E-state index is 0.398. The third-order valence-corrected chi connectivity index (χ3v) is 4.39. The van der Waals surface area contributed by atoms with Gasteiger partial charge in [0.2, 0.25) is 0 Å². The summed E-state index contributed by atoms with van der Waals surface area (Å²) in [4.78, 5) is 11.7. The molecule has 0 aliphatic carbocycles. The molecular formula is C16H20INO2. The molecule has 0 aliphatic heterocycles. The van der Waals surface area contributed by atoms with Gasteiger partial charge >= 0.3 is 5.97 Å². The molecule has 1 N–H and O–H groups in total. The van der Waals surface area contributed by atoms with E-state index in [-0.39, 0.29) is 0 Å². The molecule has 1 atom stereocenters. The highest BCUT2D eigenvalue weighted by Gasteiger charge is 2.35. The molecule has 1 unspecified atom stereocenters. The van der Waals surface area contributed by atoms with Crippen molar-refractivity contribution in [2.24, 2.45) is 5.41 Å². The van der Waals surface area contributed by atoms with E-state index in [4.69, 9.17) is 5.26 Å². The minimum atomic E-state index is -0.896. The molecule has 0 bridgehead atoms. The van der Waals surface area contributed by atoms with Gasteiger partial charge in [0.05, 0.1) is 16.9 Å². The van der Waals surface area contributed by atoms with Crippen LogP contribution in [0.25, 0.3) is 0 Å². The first-order valence-electron chi connectivity index (χ1n) is 6.62. The van der Waals surface area contributed by atoms with Gasteiger partial charge in [-0.15, -0.1) is 0 Å². The van der Waals surface area contributed by atoms with Crippen molar-refractivity contribution >= 4 is 28.6 Å². The summed E-state index contributed by atoms with van der Waals surface area (Å²) in [5, 5.41) is 18.6. The molecule has 20 heavy (non-hydrogen) atoms. The zero-order valence-corrected chi connectivity index (χ0v) is 14.3. The number of benzene rings is 1. The summed E-state index contributed by atoms with van der Waals surface area (Å²) in [7, 11) is 0. The Morgan fingerprint density at radius 3 is 2.50 bits per heavy atom. The van der Waals surface area contributed by atoms with Crippen LogP contribution < -0.4 is 0 Å². The molecule has 0 radical (unpaired) electrons. The second kappa shape index (κ2) is 6.57. The molecule has 1 aromatic rings. The Labute approximate surface area is 134 Å². The molecule has 0 heterocycles. The lowest BCUT2D eigenvalue weighted by Crippen LogP contribution is -2.32. The van der Waals surface area contributed by atoms with Crippen molar-refractivity contribution in [2.45, 2.75) is 45.4 Å². The van der Waals surface area contributed by atoms with Gasteiger partial charge in [0.15, 0.2) is 0 Å². The van der Waals surface area contributed by atoms with E-state index in [0.717, 1.165) is 15.6 Å². The van der Waals surface area contributed by atoms with Crippen LogP contribution in [-0.4, -0.2) is 11.1 Å². The SMILES string of the molecule is CC(C)(C#N)CCCC(C)(C(=O)O)c1cccc(I)c1. The van der Waals surface area contributed by atoms with Crippen molar-refractivity contribution in [3.8, 4) is 6.07 Å². The van der Waals surface area contributed by atoms with Gasteiger partial charge in [0, 0.05) is 3.57 Å². The lowest BCUT2D eigenvalue weighted by molar-refractivity contribution is -0.143. The van der Waals surface area contributed by atoms with Crippen molar-refractivity contribution in [3.05, 3.63) is 33.4 Å². The van der Waals surface area contributed by atoms with E-state index in [1.54, 1.807) is 6.92 Å². The normalized spacial score (nSPS) is 14.3. The Balaban J connectivity index is 2.89. The van der Waals surface area contributed by atoms with Gasteiger partial charge < -0.3 is 5.11 Å². The van der Waals surface area contributed by atoms with Gasteiger partial charge in [-0.3, -0.25) is 4.79 Å². The van der Waals surface area contributed by atoms with Gasteiger partial charge in [-0.1, -0.05) is 18.6 Å². The molecule has 0 aliphatic rings. The Morgan fingerprint density at radius 1 is 1.35 bits per heavy atom. The van der Waals surface area contributed by atoms with Crippen LogP contribution in [0.4, 0.5) is 0 Å². The summed E-state index contributed by atoms with van der Waals surface area (Å²) in [6, 6.07) is 9.88. The standard InChI is InChI=1S/C16H20INO2/c1-15(2,11-18)8-5-9-16(3,14(19)20)12-6-4-7-13(17)10-12/h4,6-7,10H,5,8-9H2,1-3H3,(H,19,20). The van der Waals surface area contributed by atoms with Crippen molar-refractivity contribution in [1.29, 1.82) is 5.26 Å². The fourth-order valence-electron chi connectivity index (χ4n) is 2.15. The second-order valence-electron chi connectivity index (χ2n) is 6.00. The topological polar surface area (TPSA) is 61.1 Å². The van der Waals surface area contributed by atoms with Crippen LogP contribution >= 0.6 is 22.6 Å². The van der Waals surface area contributed by atoms with E-state index < -0.39 is 16.8 Å². The van der Waals surface area contributed by atoms with E-state index in [1.807, 2.05) is 38.1 Å². The number of nitrogens with zero attached hydrogens (tertiary/aromatic N) is 1. The average Bonchev–Trinajstić information content (AvgIpc) is 2.38. The first-order valence-corrected chi connectivity index (χ1v) is 7.70. The molecule has 3 nitrogen and oxygen atoms in total. The van der Waals surface area contributed by atoms with Crippen LogP contribution in [0.3, 0.4) is 0 Å². The van der Waals surface area contributed by atoms with Crippen LogP contribution in [0.15, 0.2) is 24.3 Å². The van der Waals surface area contributed by atoms with Crippen molar-refractivity contribution in [3.63, 3.8) is 0 Å². The fraction of sp³-hybridized carbons (Fsp3) is 0.500. The Bertz CT molecular complexity index is 534. The summed E-state index contributed by atoms with van der Waals surface area (Å²) in [6.07, 6.45) is 1.96. The molecule has 0 saturated carbocycles. The number of rotatable bonds is 6. The Morgan fingerprint density at radius 2 is 2.00 bits per heavy atom. The number of hydrogen-bond donors (Lipinski definition) is 1. The largest absolute Gasteiger partial charge is 0.481 e. The first kappa shape index (κ1) is 17.0. The monoisotopic (exact) mass is 385 g/mol. The van der Waals surface area contributed by atoms with Gasteiger partial charge in [-0.05, 0) is 73.9 Å². The number of halogens is 1. The van der Waals surface area contributed by atoms with Crippen LogP contribution in [0, 0.1) is 20.3 Å². The molecule has 4 heteroatoms. The Hall–Kier alpha value is -1.09. The molecule has 0 aromatic heterocycles. The quantitative estimate of drug-likeness (QED) is 0.741. The van der Waals surface area contributed by atoms with Crippen LogP contribution in [0.1, 0.15) is 45.6 Å². The van der Waals surface area contributed by atoms with Gasteiger partial charge in [-0.25, -0.2) is 0 Å².